The number of benzene rings is 1. The molecule has 2 aromatic rings. The summed E-state index contributed by atoms with van der Waals surface area (Å²) in [5.74, 6) is 0. The monoisotopic (exact) mass is 232 g/mol. The highest BCUT2D eigenvalue weighted by atomic mass is 32.2. The molecule has 1 aromatic heterocycles. The lowest BCUT2D eigenvalue weighted by molar-refractivity contribution is 0.766. The van der Waals surface area contributed by atoms with E-state index in [9.17, 15) is 4.79 Å². The van der Waals surface area contributed by atoms with Crippen molar-refractivity contribution in [1.29, 1.82) is 5.26 Å². The van der Waals surface area contributed by atoms with Gasteiger partial charge in [0.15, 0.2) is 5.16 Å². The van der Waals surface area contributed by atoms with E-state index in [1.54, 1.807) is 25.2 Å². The van der Waals surface area contributed by atoms with Crippen molar-refractivity contribution < 1.29 is 0 Å². The van der Waals surface area contributed by atoms with E-state index < -0.39 is 0 Å². The van der Waals surface area contributed by atoms with Crippen molar-refractivity contribution in [2.75, 3.05) is 0 Å². The fourth-order valence-corrected chi connectivity index (χ4v) is 2.01. The predicted molar refractivity (Wildman–Crippen MR) is 59.1 cm³/mol. The number of hydrogen-bond donors (Lipinski definition) is 1. The molecule has 80 valence electrons. The van der Waals surface area contributed by atoms with E-state index in [1.165, 1.54) is 16.3 Å². The zero-order valence-corrected chi connectivity index (χ0v) is 9.28. The summed E-state index contributed by atoms with van der Waals surface area (Å²) in [4.78, 5) is 12.0. The second-order valence-corrected chi connectivity index (χ2v) is 4.15. The molecule has 1 heterocycles. The van der Waals surface area contributed by atoms with E-state index in [4.69, 9.17) is 5.26 Å². The van der Waals surface area contributed by atoms with Gasteiger partial charge in [0, 0.05) is 11.9 Å². The molecule has 0 aliphatic carbocycles. The van der Waals surface area contributed by atoms with Gasteiger partial charge >= 0.3 is 5.69 Å². The number of rotatable bonds is 2. The molecular formula is C10H8N4OS. The molecule has 0 unspecified atom stereocenters. The molecule has 0 aliphatic heterocycles. The summed E-state index contributed by atoms with van der Waals surface area (Å²) in [6.07, 6.45) is 0. The topological polar surface area (TPSA) is 74.5 Å². The van der Waals surface area contributed by atoms with Gasteiger partial charge in [-0.2, -0.15) is 5.26 Å². The minimum absolute atomic E-state index is 0.251. The maximum absolute atomic E-state index is 11.1. The van der Waals surface area contributed by atoms with Gasteiger partial charge in [-0.15, -0.1) is 5.10 Å². The van der Waals surface area contributed by atoms with Crippen LogP contribution in [0.25, 0.3) is 0 Å². The average molecular weight is 232 g/mol. The molecule has 0 atom stereocenters. The van der Waals surface area contributed by atoms with Crippen molar-refractivity contribution in [1.82, 2.24) is 14.8 Å². The van der Waals surface area contributed by atoms with Crippen molar-refractivity contribution >= 4 is 11.8 Å². The second kappa shape index (κ2) is 4.24. The minimum Gasteiger partial charge on any atom is -0.273 e. The Hall–Kier alpha value is -2.00. The Bertz CT molecular complexity index is 608. The largest absolute Gasteiger partial charge is 0.343 e. The maximum Gasteiger partial charge on any atom is 0.343 e. The van der Waals surface area contributed by atoms with Gasteiger partial charge in [-0.05, 0) is 30.0 Å². The highest BCUT2D eigenvalue weighted by Gasteiger charge is 2.06. The molecule has 5 nitrogen and oxygen atoms in total. The van der Waals surface area contributed by atoms with Gasteiger partial charge in [0.2, 0.25) is 0 Å². The molecule has 1 N–H and O–H groups in total. The molecule has 16 heavy (non-hydrogen) atoms. The van der Waals surface area contributed by atoms with Crippen LogP contribution in [0, 0.1) is 11.3 Å². The molecule has 0 fully saturated rings. The zero-order valence-electron chi connectivity index (χ0n) is 8.47. The Morgan fingerprint density at radius 2 is 2.38 bits per heavy atom. The van der Waals surface area contributed by atoms with Gasteiger partial charge < -0.3 is 0 Å². The number of aromatic nitrogens is 3. The molecule has 0 saturated heterocycles. The third-order valence-corrected chi connectivity index (χ3v) is 3.05. The lowest BCUT2D eigenvalue weighted by Crippen LogP contribution is -2.12. The standard InChI is InChI=1S/C10H8N4OS/c1-14-9(15)12-13-10(14)16-8-4-2-3-7(5-8)6-11/h2-5H,1H3,(H,12,15). The van der Waals surface area contributed by atoms with Crippen molar-refractivity contribution in [3.63, 3.8) is 0 Å². The highest BCUT2D eigenvalue weighted by Crippen LogP contribution is 2.24. The van der Waals surface area contributed by atoms with Crippen molar-refractivity contribution in [2.45, 2.75) is 10.1 Å². The highest BCUT2D eigenvalue weighted by molar-refractivity contribution is 7.99. The Kier molecular flexibility index (Phi) is 2.79. The van der Waals surface area contributed by atoms with E-state index >= 15 is 0 Å². The van der Waals surface area contributed by atoms with Gasteiger partial charge in [0.1, 0.15) is 0 Å². The number of nitrogens with zero attached hydrogens (tertiary/aromatic N) is 3. The average Bonchev–Trinajstić information content (AvgIpc) is 2.61. The van der Waals surface area contributed by atoms with E-state index in [0.717, 1.165) is 4.90 Å². The molecule has 2 rings (SSSR count). The van der Waals surface area contributed by atoms with Crippen LogP contribution in [0.1, 0.15) is 5.56 Å². The van der Waals surface area contributed by atoms with Crippen molar-refractivity contribution in [3.05, 3.63) is 40.3 Å². The van der Waals surface area contributed by atoms with Crippen LogP contribution in [0.3, 0.4) is 0 Å². The normalized spacial score (nSPS) is 10.0. The summed E-state index contributed by atoms with van der Waals surface area (Å²) in [6, 6.07) is 9.21. The number of nitriles is 1. The first-order valence-corrected chi connectivity index (χ1v) is 5.32. The zero-order chi connectivity index (χ0) is 11.5. The van der Waals surface area contributed by atoms with Crippen LogP contribution in [0.2, 0.25) is 0 Å². The molecule has 0 saturated carbocycles. The van der Waals surface area contributed by atoms with Crippen LogP contribution < -0.4 is 5.69 Å². The van der Waals surface area contributed by atoms with Gasteiger partial charge in [0.25, 0.3) is 0 Å². The Morgan fingerprint density at radius 3 is 3.00 bits per heavy atom. The summed E-state index contributed by atoms with van der Waals surface area (Å²) in [5, 5.41) is 15.5. The maximum atomic E-state index is 11.1. The van der Waals surface area contributed by atoms with Gasteiger partial charge in [-0.25, -0.2) is 9.89 Å². The Labute approximate surface area is 95.7 Å². The van der Waals surface area contributed by atoms with Crippen LogP contribution in [-0.2, 0) is 7.05 Å². The molecule has 0 radical (unpaired) electrons. The quantitative estimate of drug-likeness (QED) is 0.842. The number of aromatic amines is 1. The second-order valence-electron chi connectivity index (χ2n) is 3.11. The number of nitrogens with one attached hydrogen (secondary N) is 1. The van der Waals surface area contributed by atoms with Crippen molar-refractivity contribution in [3.8, 4) is 6.07 Å². The molecular weight excluding hydrogens is 224 g/mol. The molecule has 1 aromatic carbocycles. The summed E-state index contributed by atoms with van der Waals surface area (Å²) in [7, 11) is 1.64. The van der Waals surface area contributed by atoms with Crippen molar-refractivity contribution in [2.24, 2.45) is 7.05 Å². The van der Waals surface area contributed by atoms with Crippen LogP contribution >= 0.6 is 11.8 Å². The molecule has 0 amide bonds. The van der Waals surface area contributed by atoms with E-state index in [2.05, 4.69) is 16.3 Å². The van der Waals surface area contributed by atoms with Gasteiger partial charge in [-0.1, -0.05) is 6.07 Å². The molecule has 0 bridgehead atoms. The first-order chi connectivity index (χ1) is 7.70. The number of hydrogen-bond acceptors (Lipinski definition) is 4. The minimum atomic E-state index is -0.251. The number of H-pyrrole nitrogens is 1. The van der Waals surface area contributed by atoms with Gasteiger partial charge in [-0.3, -0.25) is 4.57 Å². The van der Waals surface area contributed by atoms with Gasteiger partial charge in [0.05, 0.1) is 11.6 Å². The van der Waals surface area contributed by atoms with Crippen LogP contribution in [0.4, 0.5) is 0 Å². The van der Waals surface area contributed by atoms with Crippen LogP contribution in [0.15, 0.2) is 39.1 Å². The van der Waals surface area contributed by atoms with E-state index in [1.807, 2.05) is 6.07 Å². The van der Waals surface area contributed by atoms with E-state index in [0.29, 0.717) is 10.7 Å². The van der Waals surface area contributed by atoms with Crippen LogP contribution in [0.5, 0.6) is 0 Å². The Balaban J connectivity index is 2.31. The smallest absolute Gasteiger partial charge is 0.273 e. The molecule has 6 heteroatoms. The first kappa shape index (κ1) is 10.5. The summed E-state index contributed by atoms with van der Waals surface area (Å²) >= 11 is 1.33. The lowest BCUT2D eigenvalue weighted by atomic mass is 10.2. The first-order valence-electron chi connectivity index (χ1n) is 4.50. The Morgan fingerprint density at radius 1 is 1.56 bits per heavy atom. The third kappa shape index (κ3) is 1.99. The third-order valence-electron chi connectivity index (χ3n) is 2.01. The molecule has 0 spiro atoms. The predicted octanol–water partition coefficient (Wildman–Crippen LogP) is 1.13. The lowest BCUT2D eigenvalue weighted by Gasteiger charge is -1.99. The van der Waals surface area contributed by atoms with Crippen LogP contribution in [-0.4, -0.2) is 14.8 Å². The summed E-state index contributed by atoms with van der Waals surface area (Å²) in [6.45, 7) is 0. The summed E-state index contributed by atoms with van der Waals surface area (Å²) < 4.78 is 1.42. The fraction of sp³-hybridized carbons (Fsp3) is 0.100. The molecule has 0 aliphatic rings. The fourth-order valence-electron chi connectivity index (χ4n) is 1.16. The van der Waals surface area contributed by atoms with E-state index in [-0.39, 0.29) is 5.69 Å². The summed E-state index contributed by atoms with van der Waals surface area (Å²) in [5.41, 5.74) is 0.337. The SMILES string of the molecule is Cn1c(Sc2cccc(C#N)c2)n[nH]c1=O.